The van der Waals surface area contributed by atoms with Crippen molar-refractivity contribution in [3.05, 3.63) is 66.2 Å². The molecule has 1 N–H and O–H groups in total. The number of anilines is 2. The molecule has 1 aliphatic rings. The number of nitro benzene ring substituents is 2. The van der Waals surface area contributed by atoms with Crippen LogP contribution in [-0.4, -0.2) is 22.2 Å². The van der Waals surface area contributed by atoms with Gasteiger partial charge in [0, 0.05) is 12.1 Å². The maximum absolute atomic E-state index is 12.0. The molecule has 1 aromatic heterocycles. The van der Waals surface area contributed by atoms with Crippen LogP contribution in [0.25, 0.3) is 0 Å². The largest absolute Gasteiger partial charge is 0.428 e. The maximum Gasteiger partial charge on any atom is 0.349 e. The van der Waals surface area contributed by atoms with E-state index in [1.165, 1.54) is 24.1 Å². The monoisotopic (exact) mass is 346 g/mol. The topological polar surface area (TPSA) is 149 Å². The quantitative estimate of drug-likeness (QED) is 0.645. The first-order valence-electron chi connectivity index (χ1n) is 6.94. The van der Waals surface area contributed by atoms with Crippen LogP contribution >= 0.6 is 0 Å². The van der Waals surface area contributed by atoms with Crippen molar-refractivity contribution in [2.45, 2.75) is 6.92 Å². The Kier molecular flexibility index (Phi) is 3.77. The van der Waals surface area contributed by atoms with Gasteiger partial charge in [0.25, 0.3) is 5.69 Å². The van der Waals surface area contributed by atoms with Gasteiger partial charge in [-0.2, -0.15) is 0 Å². The molecule has 25 heavy (non-hydrogen) atoms. The Morgan fingerprint density at radius 1 is 1.12 bits per heavy atom. The lowest BCUT2D eigenvalue weighted by atomic mass is 10.1. The highest BCUT2D eigenvalue weighted by Crippen LogP contribution is 2.37. The Labute approximate surface area is 138 Å². The average Bonchev–Trinajstić information content (AvgIpc) is 2.53. The number of nitro groups is 2. The number of carbonyl (C=O) groups is 1. The molecule has 0 bridgehead atoms. The second-order valence-corrected chi connectivity index (χ2v) is 5.19. The van der Waals surface area contributed by atoms with Crippen LogP contribution in [-0.2, 0) is 0 Å². The van der Waals surface area contributed by atoms with Gasteiger partial charge in [-0.3, -0.25) is 30.0 Å². The molecule has 0 unspecified atom stereocenters. The Bertz CT molecular complexity index is 982. The normalized spacial score (nSPS) is 13.5. The number of ketones is 1. The van der Waals surface area contributed by atoms with Gasteiger partial charge in [-0.25, -0.2) is 10.2 Å². The molecule has 0 atom stereocenters. The lowest BCUT2D eigenvalue weighted by Gasteiger charge is -2.29. The Balaban J connectivity index is 2.24. The number of hydrogen-bond acceptors (Lipinski definition) is 9. The molecule has 2 aromatic rings. The molecule has 128 valence electrons. The van der Waals surface area contributed by atoms with Crippen LogP contribution in [0.1, 0.15) is 16.1 Å². The molecular weight excluding hydrogens is 336 g/mol. The zero-order valence-electron chi connectivity index (χ0n) is 12.7. The minimum absolute atomic E-state index is 0.0469. The Morgan fingerprint density at radius 3 is 2.48 bits per heavy atom. The molecule has 0 amide bonds. The summed E-state index contributed by atoms with van der Waals surface area (Å²) in [6.07, 6.45) is 0. The second-order valence-electron chi connectivity index (χ2n) is 5.19. The van der Waals surface area contributed by atoms with Gasteiger partial charge in [0.1, 0.15) is 17.0 Å². The summed E-state index contributed by atoms with van der Waals surface area (Å²) >= 11 is 0. The summed E-state index contributed by atoms with van der Waals surface area (Å²) in [6, 6.07) is 4.46. The van der Waals surface area contributed by atoms with E-state index in [4.69, 9.17) is 4.42 Å². The van der Waals surface area contributed by atoms with Crippen molar-refractivity contribution in [1.82, 2.24) is 5.43 Å². The fourth-order valence-electron chi connectivity index (χ4n) is 2.53. The van der Waals surface area contributed by atoms with Crippen molar-refractivity contribution in [2.24, 2.45) is 0 Å². The number of nitrogens with zero attached hydrogens (tertiary/aromatic N) is 3. The van der Waals surface area contributed by atoms with Gasteiger partial charge < -0.3 is 4.42 Å². The van der Waals surface area contributed by atoms with Crippen molar-refractivity contribution >= 4 is 28.5 Å². The summed E-state index contributed by atoms with van der Waals surface area (Å²) in [5, 5.41) is 23.4. The number of fused-ring (bicyclic) bond motifs is 1. The molecule has 0 radical (unpaired) electrons. The summed E-state index contributed by atoms with van der Waals surface area (Å²) in [5.74, 6) is -0.320. The van der Waals surface area contributed by atoms with Crippen LogP contribution < -0.4 is 16.1 Å². The molecule has 0 saturated heterocycles. The summed E-state index contributed by atoms with van der Waals surface area (Å²) < 4.78 is 4.90. The molecule has 0 fully saturated rings. The van der Waals surface area contributed by atoms with E-state index in [1.807, 2.05) is 0 Å². The van der Waals surface area contributed by atoms with Crippen LogP contribution in [0.3, 0.4) is 0 Å². The van der Waals surface area contributed by atoms with Gasteiger partial charge in [0.15, 0.2) is 5.78 Å². The fourth-order valence-corrected chi connectivity index (χ4v) is 2.53. The zero-order valence-corrected chi connectivity index (χ0v) is 12.7. The average molecular weight is 346 g/mol. The molecular formula is C14H10N4O7. The van der Waals surface area contributed by atoms with Gasteiger partial charge in [0.05, 0.1) is 28.1 Å². The van der Waals surface area contributed by atoms with E-state index < -0.39 is 32.6 Å². The highest BCUT2D eigenvalue weighted by molar-refractivity contribution is 6.05. The van der Waals surface area contributed by atoms with Crippen LogP contribution in [0.4, 0.5) is 22.7 Å². The van der Waals surface area contributed by atoms with Gasteiger partial charge >= 0.3 is 11.3 Å². The van der Waals surface area contributed by atoms with Crippen molar-refractivity contribution < 1.29 is 19.1 Å². The SMILES string of the molecule is Cc1cc2c(c(=O)o1)C(=O)CNN2c1ccc([N+](=O)[O-])cc1[N+](=O)[O-]. The first-order chi connectivity index (χ1) is 11.8. The maximum atomic E-state index is 12.0. The number of nitrogens with one attached hydrogen (secondary N) is 1. The third-order valence-corrected chi connectivity index (χ3v) is 3.58. The fraction of sp³-hybridized carbons (Fsp3) is 0.143. The number of benzene rings is 1. The number of rotatable bonds is 3. The van der Waals surface area contributed by atoms with Crippen molar-refractivity contribution in [3.8, 4) is 0 Å². The Morgan fingerprint density at radius 2 is 1.84 bits per heavy atom. The predicted octanol–water partition coefficient (Wildman–Crippen LogP) is 1.60. The van der Waals surface area contributed by atoms with Gasteiger partial charge in [-0.1, -0.05) is 0 Å². The van der Waals surface area contributed by atoms with Crippen molar-refractivity contribution in [3.63, 3.8) is 0 Å². The zero-order chi connectivity index (χ0) is 18.3. The third-order valence-electron chi connectivity index (χ3n) is 3.58. The van der Waals surface area contributed by atoms with Crippen molar-refractivity contribution in [2.75, 3.05) is 11.6 Å². The minimum atomic E-state index is -0.851. The summed E-state index contributed by atoms with van der Waals surface area (Å²) in [4.78, 5) is 44.6. The lowest BCUT2D eigenvalue weighted by molar-refractivity contribution is -0.393. The summed E-state index contributed by atoms with van der Waals surface area (Å²) in [5.41, 5.74) is 0.618. The molecule has 3 rings (SSSR count). The number of carbonyl (C=O) groups excluding carboxylic acids is 1. The van der Waals surface area contributed by atoms with E-state index in [9.17, 15) is 29.8 Å². The predicted molar refractivity (Wildman–Crippen MR) is 83.9 cm³/mol. The molecule has 2 heterocycles. The van der Waals surface area contributed by atoms with E-state index in [1.54, 1.807) is 0 Å². The molecule has 0 spiro atoms. The highest BCUT2D eigenvalue weighted by Gasteiger charge is 2.32. The van der Waals surface area contributed by atoms with Crippen LogP contribution in [0.2, 0.25) is 0 Å². The number of Topliss-reactive ketones (excluding diaryl/α,β-unsaturated/α-hetero) is 1. The first kappa shape index (κ1) is 16.3. The highest BCUT2D eigenvalue weighted by atomic mass is 16.6. The summed E-state index contributed by atoms with van der Waals surface area (Å²) in [7, 11) is 0. The standard InChI is InChI=1S/C14H10N4O7/c1-7-4-11-13(14(20)25-7)12(19)6-15-16(11)9-3-2-8(17(21)22)5-10(9)18(23)24/h2-5,15H,6H2,1H3. The molecule has 1 aliphatic heterocycles. The Hall–Kier alpha value is -3.60. The number of non-ortho nitro benzene ring substituents is 1. The third kappa shape index (κ3) is 2.72. The van der Waals surface area contributed by atoms with Crippen LogP contribution in [0.5, 0.6) is 0 Å². The summed E-state index contributed by atoms with van der Waals surface area (Å²) in [6.45, 7) is 1.21. The van der Waals surface area contributed by atoms with Crippen molar-refractivity contribution in [1.29, 1.82) is 0 Å². The van der Waals surface area contributed by atoms with E-state index >= 15 is 0 Å². The number of aryl methyl sites for hydroxylation is 1. The van der Waals surface area contributed by atoms with E-state index in [-0.39, 0.29) is 29.2 Å². The molecule has 11 nitrogen and oxygen atoms in total. The lowest BCUT2D eigenvalue weighted by Crippen LogP contribution is -2.45. The molecule has 0 aliphatic carbocycles. The van der Waals surface area contributed by atoms with Crippen LogP contribution in [0.15, 0.2) is 33.5 Å². The number of hydrazine groups is 1. The molecule has 11 heteroatoms. The first-order valence-corrected chi connectivity index (χ1v) is 6.94. The minimum Gasteiger partial charge on any atom is -0.428 e. The van der Waals surface area contributed by atoms with E-state index in [2.05, 4.69) is 5.43 Å². The van der Waals surface area contributed by atoms with Gasteiger partial charge in [0.2, 0.25) is 0 Å². The second kappa shape index (κ2) is 5.79. The van der Waals surface area contributed by atoms with Crippen LogP contribution in [0, 0.1) is 27.2 Å². The molecule has 0 saturated carbocycles. The number of hydrogen-bond donors (Lipinski definition) is 1. The van der Waals surface area contributed by atoms with Gasteiger partial charge in [-0.15, -0.1) is 0 Å². The van der Waals surface area contributed by atoms with Gasteiger partial charge in [-0.05, 0) is 13.0 Å². The molecule has 1 aromatic carbocycles. The smallest absolute Gasteiger partial charge is 0.349 e. The van der Waals surface area contributed by atoms with E-state index in [0.717, 1.165) is 12.1 Å². The van der Waals surface area contributed by atoms with E-state index in [0.29, 0.717) is 0 Å².